The van der Waals surface area contributed by atoms with Gasteiger partial charge < -0.3 is 19.2 Å². The van der Waals surface area contributed by atoms with E-state index in [0.29, 0.717) is 40.0 Å². The lowest BCUT2D eigenvalue weighted by atomic mass is 9.93. The fraction of sp³-hybridized carbons (Fsp3) is 0.167. The molecular weight excluding hydrogens is 378 g/mol. The number of furan rings is 1. The molecule has 0 radical (unpaired) electrons. The third-order valence-corrected chi connectivity index (χ3v) is 4.75. The Morgan fingerprint density at radius 1 is 1.21 bits per heavy atom. The van der Waals surface area contributed by atoms with Crippen LogP contribution in [0.15, 0.2) is 45.8 Å². The van der Waals surface area contributed by atoms with Crippen LogP contribution in [0.5, 0.6) is 11.5 Å². The molecule has 0 spiro atoms. The van der Waals surface area contributed by atoms with Gasteiger partial charge in [0.1, 0.15) is 28.9 Å². The maximum Gasteiger partial charge on any atom is 0.288 e. The molecule has 11 nitrogen and oxygen atoms in total. The molecule has 1 aromatic carbocycles. The largest absolute Gasteiger partial charge is 0.497 e. The fourth-order valence-corrected chi connectivity index (χ4v) is 3.48. The highest BCUT2D eigenvalue weighted by Gasteiger charge is 2.36. The van der Waals surface area contributed by atoms with Crippen LogP contribution in [0.4, 0.5) is 11.6 Å². The van der Waals surface area contributed by atoms with Gasteiger partial charge in [0.05, 0.1) is 20.5 Å². The van der Waals surface area contributed by atoms with Crippen LogP contribution in [-0.2, 0) is 0 Å². The van der Waals surface area contributed by atoms with E-state index >= 15 is 0 Å². The molecule has 5 rings (SSSR count). The van der Waals surface area contributed by atoms with Crippen molar-refractivity contribution in [2.75, 3.05) is 19.5 Å². The molecule has 1 aliphatic rings. The first-order valence-corrected chi connectivity index (χ1v) is 8.64. The maximum atomic E-state index is 12.6. The quantitative estimate of drug-likeness (QED) is 0.468. The molecule has 4 heterocycles. The number of hydrogen-bond donors (Lipinski definition) is 2. The molecule has 2 N–H and O–H groups in total. The minimum Gasteiger partial charge on any atom is -0.497 e. The molecule has 0 amide bonds. The summed E-state index contributed by atoms with van der Waals surface area (Å²) >= 11 is 0. The van der Waals surface area contributed by atoms with E-state index in [1.165, 1.54) is 6.26 Å². The Labute approximate surface area is 163 Å². The Morgan fingerprint density at radius 2 is 2.10 bits per heavy atom. The fourth-order valence-electron chi connectivity index (χ4n) is 3.48. The third kappa shape index (κ3) is 2.55. The first kappa shape index (κ1) is 17.0. The Hall–Kier alpha value is -4.15. The zero-order chi connectivity index (χ0) is 20.0. The number of ether oxygens (including phenoxy) is 2. The molecule has 1 atom stereocenters. The lowest BCUT2D eigenvalue weighted by Gasteiger charge is -2.28. The molecule has 4 aromatic rings. The van der Waals surface area contributed by atoms with Crippen LogP contribution in [0.2, 0.25) is 0 Å². The summed E-state index contributed by atoms with van der Waals surface area (Å²) in [5.74, 6) is 2.00. The van der Waals surface area contributed by atoms with Gasteiger partial charge in [-0.2, -0.15) is 9.78 Å². The van der Waals surface area contributed by atoms with Crippen LogP contribution < -0.4 is 20.3 Å². The molecule has 0 saturated heterocycles. The average molecular weight is 393 g/mol. The van der Waals surface area contributed by atoms with Gasteiger partial charge in [-0.25, -0.2) is 5.10 Å². The summed E-state index contributed by atoms with van der Waals surface area (Å²) < 4.78 is 18.1. The Balaban J connectivity index is 1.86. The monoisotopic (exact) mass is 393 g/mol. The maximum absolute atomic E-state index is 12.6. The summed E-state index contributed by atoms with van der Waals surface area (Å²) in [6.07, 6.45) is 1.54. The van der Waals surface area contributed by atoms with E-state index in [-0.39, 0.29) is 5.69 Å². The van der Waals surface area contributed by atoms with Crippen molar-refractivity contribution < 1.29 is 13.9 Å². The van der Waals surface area contributed by atoms with Gasteiger partial charge in [0, 0.05) is 11.1 Å². The number of nitrogens with one attached hydrogen (secondary N) is 2. The number of benzene rings is 1. The number of nitrogens with zero attached hydrogens (tertiary/aromatic N) is 5. The standard InChI is InChI=1S/C18H15N7O4/c1-27-9-5-6-11(28-2)10(8-9)16-13-14(12-4-3-7-29-12)20-21-17(26)15(13)19-18-22-23-24-25(16)18/h3-8,16H,1-2H3,(H,21,26)(H,19,22,24). The second-order valence-corrected chi connectivity index (χ2v) is 6.25. The van der Waals surface area contributed by atoms with E-state index in [1.807, 2.05) is 6.07 Å². The summed E-state index contributed by atoms with van der Waals surface area (Å²) in [4.78, 5) is 12.6. The van der Waals surface area contributed by atoms with E-state index < -0.39 is 11.6 Å². The van der Waals surface area contributed by atoms with Gasteiger partial charge in [-0.3, -0.25) is 4.79 Å². The van der Waals surface area contributed by atoms with Gasteiger partial charge in [-0.15, -0.1) is 0 Å². The third-order valence-electron chi connectivity index (χ3n) is 4.75. The van der Waals surface area contributed by atoms with Gasteiger partial charge in [-0.05, 0) is 40.8 Å². The number of H-pyrrole nitrogens is 1. The number of rotatable bonds is 4. The van der Waals surface area contributed by atoms with Gasteiger partial charge in [0.2, 0.25) is 5.95 Å². The number of tetrazole rings is 1. The van der Waals surface area contributed by atoms with E-state index in [2.05, 4.69) is 31.0 Å². The number of anilines is 2. The van der Waals surface area contributed by atoms with Crippen molar-refractivity contribution in [3.05, 3.63) is 58.1 Å². The molecule has 0 fully saturated rings. The highest BCUT2D eigenvalue weighted by molar-refractivity contribution is 5.74. The van der Waals surface area contributed by atoms with E-state index in [4.69, 9.17) is 13.9 Å². The number of fused-ring (bicyclic) bond motifs is 2. The average Bonchev–Trinajstić information content (AvgIpc) is 3.44. The molecule has 1 aliphatic heterocycles. The summed E-state index contributed by atoms with van der Waals surface area (Å²) in [5, 5.41) is 21.6. The van der Waals surface area contributed by atoms with E-state index in [9.17, 15) is 4.79 Å². The zero-order valence-electron chi connectivity index (χ0n) is 15.4. The molecule has 146 valence electrons. The van der Waals surface area contributed by atoms with Crippen molar-refractivity contribution in [1.29, 1.82) is 0 Å². The van der Waals surface area contributed by atoms with Gasteiger partial charge in [-0.1, -0.05) is 5.10 Å². The van der Waals surface area contributed by atoms with Gasteiger partial charge >= 0.3 is 0 Å². The topological polar surface area (TPSA) is 133 Å². The van der Waals surface area contributed by atoms with Crippen molar-refractivity contribution >= 4 is 11.6 Å². The number of hydrogen-bond acceptors (Lipinski definition) is 9. The molecule has 11 heteroatoms. The van der Waals surface area contributed by atoms with Crippen LogP contribution in [0.3, 0.4) is 0 Å². The lowest BCUT2D eigenvalue weighted by Crippen LogP contribution is -2.29. The van der Waals surface area contributed by atoms with Crippen molar-refractivity contribution in [2.24, 2.45) is 0 Å². The summed E-state index contributed by atoms with van der Waals surface area (Å²) in [5.41, 5.74) is 1.58. The van der Waals surface area contributed by atoms with Crippen LogP contribution >= 0.6 is 0 Å². The van der Waals surface area contributed by atoms with E-state index in [1.54, 1.807) is 43.2 Å². The van der Waals surface area contributed by atoms with Crippen LogP contribution in [0.25, 0.3) is 11.5 Å². The Kier molecular flexibility index (Phi) is 3.79. The summed E-state index contributed by atoms with van der Waals surface area (Å²) in [6.45, 7) is 0. The minimum atomic E-state index is -0.615. The number of aromatic nitrogens is 6. The molecule has 29 heavy (non-hydrogen) atoms. The highest BCUT2D eigenvalue weighted by Crippen LogP contribution is 2.44. The Morgan fingerprint density at radius 3 is 2.86 bits per heavy atom. The lowest BCUT2D eigenvalue weighted by molar-refractivity contribution is 0.392. The van der Waals surface area contributed by atoms with Crippen LogP contribution in [0, 0.1) is 0 Å². The van der Waals surface area contributed by atoms with Crippen LogP contribution in [0.1, 0.15) is 17.2 Å². The van der Waals surface area contributed by atoms with Gasteiger partial charge in [0.15, 0.2) is 5.76 Å². The minimum absolute atomic E-state index is 0.281. The molecule has 0 bridgehead atoms. The molecule has 0 saturated carbocycles. The molecule has 1 unspecified atom stereocenters. The Bertz CT molecular complexity index is 1250. The van der Waals surface area contributed by atoms with Gasteiger partial charge in [0.25, 0.3) is 5.56 Å². The number of aromatic amines is 1. The molecule has 0 aliphatic carbocycles. The summed E-state index contributed by atoms with van der Waals surface area (Å²) in [6, 6.07) is 8.28. The molecular formula is C18H15N7O4. The predicted octanol–water partition coefficient (Wildman–Crippen LogP) is 1.73. The summed E-state index contributed by atoms with van der Waals surface area (Å²) in [7, 11) is 3.14. The predicted molar refractivity (Wildman–Crippen MR) is 100 cm³/mol. The molecule has 3 aromatic heterocycles. The van der Waals surface area contributed by atoms with Crippen molar-refractivity contribution in [3.63, 3.8) is 0 Å². The smallest absolute Gasteiger partial charge is 0.288 e. The SMILES string of the molecule is COc1ccc(OC)c(C2c3c(-c4ccco4)n[nH]c(=O)c3Nc3nnnn32)c1. The van der Waals surface area contributed by atoms with Crippen molar-refractivity contribution in [1.82, 2.24) is 30.4 Å². The first-order chi connectivity index (χ1) is 14.2. The second kappa shape index (κ2) is 6.48. The van der Waals surface area contributed by atoms with Crippen molar-refractivity contribution in [2.45, 2.75) is 6.04 Å². The first-order valence-electron chi connectivity index (χ1n) is 8.64. The van der Waals surface area contributed by atoms with E-state index in [0.717, 1.165) is 0 Å². The second-order valence-electron chi connectivity index (χ2n) is 6.25. The zero-order valence-corrected chi connectivity index (χ0v) is 15.4. The number of methoxy groups -OCH3 is 2. The highest BCUT2D eigenvalue weighted by atomic mass is 16.5. The van der Waals surface area contributed by atoms with Crippen molar-refractivity contribution in [3.8, 4) is 23.0 Å². The normalized spacial score (nSPS) is 14.6. The van der Waals surface area contributed by atoms with Crippen LogP contribution in [-0.4, -0.2) is 44.6 Å².